The third-order valence-corrected chi connectivity index (χ3v) is 3.18. The maximum atomic E-state index is 11.5. The molecule has 0 saturated carbocycles. The van der Waals surface area contributed by atoms with E-state index in [1.165, 1.54) is 18.4 Å². The monoisotopic (exact) mass is 259 g/mol. The van der Waals surface area contributed by atoms with Crippen molar-refractivity contribution in [3.63, 3.8) is 0 Å². The molecule has 0 aliphatic rings. The fourth-order valence-electron chi connectivity index (χ4n) is 1.29. The Balaban J connectivity index is 2.93. The molecule has 0 aliphatic carbocycles. The molecular formula is C11H17NO4S. The standard InChI is InChI=1S/C11H17NO4S/c1-5-15-11(16-6-2)9-12-7(3)8(17-9)10(13)14-4/h11H,5-6H2,1-4H3. The number of aryl methyl sites for hydroxylation is 1. The number of ether oxygens (including phenoxy) is 3. The van der Waals surface area contributed by atoms with E-state index in [0.717, 1.165) is 0 Å². The van der Waals surface area contributed by atoms with Gasteiger partial charge in [-0.05, 0) is 20.8 Å². The lowest BCUT2D eigenvalue weighted by Gasteiger charge is -2.13. The maximum Gasteiger partial charge on any atom is 0.349 e. The van der Waals surface area contributed by atoms with Gasteiger partial charge in [-0.25, -0.2) is 9.78 Å². The average molecular weight is 259 g/mol. The first kappa shape index (κ1) is 14.1. The molecule has 0 radical (unpaired) electrons. The van der Waals surface area contributed by atoms with E-state index >= 15 is 0 Å². The van der Waals surface area contributed by atoms with Crippen molar-refractivity contribution >= 4 is 17.3 Å². The van der Waals surface area contributed by atoms with Crippen LogP contribution >= 0.6 is 11.3 Å². The van der Waals surface area contributed by atoms with Crippen LogP contribution in [-0.2, 0) is 14.2 Å². The van der Waals surface area contributed by atoms with Crippen LogP contribution in [0.2, 0.25) is 0 Å². The Morgan fingerprint density at radius 2 is 1.94 bits per heavy atom. The van der Waals surface area contributed by atoms with Crippen molar-refractivity contribution in [1.82, 2.24) is 4.98 Å². The minimum Gasteiger partial charge on any atom is -0.465 e. The van der Waals surface area contributed by atoms with E-state index in [9.17, 15) is 4.79 Å². The quantitative estimate of drug-likeness (QED) is 0.579. The molecule has 0 aromatic carbocycles. The van der Waals surface area contributed by atoms with Gasteiger partial charge in [0.25, 0.3) is 0 Å². The lowest BCUT2D eigenvalue weighted by atomic mass is 10.4. The van der Waals surface area contributed by atoms with Crippen LogP contribution in [0.1, 0.15) is 40.5 Å². The number of hydrogen-bond donors (Lipinski definition) is 0. The number of rotatable bonds is 6. The van der Waals surface area contributed by atoms with Gasteiger partial charge in [0.2, 0.25) is 6.29 Å². The third-order valence-electron chi connectivity index (χ3n) is 2.02. The number of carbonyl (C=O) groups excluding carboxylic acids is 1. The third kappa shape index (κ3) is 3.49. The first-order valence-electron chi connectivity index (χ1n) is 5.42. The molecule has 0 bridgehead atoms. The lowest BCUT2D eigenvalue weighted by Crippen LogP contribution is -2.08. The fourth-order valence-corrected chi connectivity index (χ4v) is 2.28. The van der Waals surface area contributed by atoms with E-state index in [4.69, 9.17) is 9.47 Å². The fraction of sp³-hybridized carbons (Fsp3) is 0.636. The van der Waals surface area contributed by atoms with Crippen LogP contribution in [0.15, 0.2) is 0 Å². The molecule has 1 rings (SSSR count). The molecule has 0 fully saturated rings. The van der Waals surface area contributed by atoms with Crippen LogP contribution in [0.4, 0.5) is 0 Å². The van der Waals surface area contributed by atoms with Gasteiger partial charge in [0, 0.05) is 13.2 Å². The van der Waals surface area contributed by atoms with E-state index in [2.05, 4.69) is 9.72 Å². The molecule has 1 heterocycles. The first-order valence-corrected chi connectivity index (χ1v) is 6.24. The van der Waals surface area contributed by atoms with Crippen LogP contribution in [0.25, 0.3) is 0 Å². The van der Waals surface area contributed by atoms with Crippen molar-refractivity contribution in [3.05, 3.63) is 15.6 Å². The molecule has 0 unspecified atom stereocenters. The predicted octanol–water partition coefficient (Wildman–Crippen LogP) is 2.31. The molecule has 0 spiro atoms. The van der Waals surface area contributed by atoms with Crippen molar-refractivity contribution in [1.29, 1.82) is 0 Å². The van der Waals surface area contributed by atoms with Crippen molar-refractivity contribution < 1.29 is 19.0 Å². The second kappa shape index (κ2) is 6.68. The summed E-state index contributed by atoms with van der Waals surface area (Å²) in [7, 11) is 1.35. The number of nitrogens with zero attached hydrogens (tertiary/aromatic N) is 1. The molecule has 1 aromatic rings. The van der Waals surface area contributed by atoms with Gasteiger partial charge < -0.3 is 14.2 Å². The summed E-state index contributed by atoms with van der Waals surface area (Å²) in [5.41, 5.74) is 0.640. The number of methoxy groups -OCH3 is 1. The first-order chi connectivity index (χ1) is 8.13. The number of hydrogen-bond acceptors (Lipinski definition) is 6. The zero-order valence-corrected chi connectivity index (χ0v) is 11.3. The number of aromatic nitrogens is 1. The van der Waals surface area contributed by atoms with Gasteiger partial charge in [0.1, 0.15) is 4.88 Å². The largest absolute Gasteiger partial charge is 0.465 e. The van der Waals surface area contributed by atoms with E-state index in [1.807, 2.05) is 13.8 Å². The summed E-state index contributed by atoms with van der Waals surface area (Å²) in [6.07, 6.45) is -0.507. The van der Waals surface area contributed by atoms with E-state index in [0.29, 0.717) is 28.8 Å². The van der Waals surface area contributed by atoms with Crippen molar-refractivity contribution in [3.8, 4) is 0 Å². The van der Waals surface area contributed by atoms with Gasteiger partial charge in [-0.1, -0.05) is 0 Å². The summed E-state index contributed by atoms with van der Waals surface area (Å²) < 4.78 is 15.5. The molecule has 0 saturated heterocycles. The SMILES string of the molecule is CCOC(OCC)c1nc(C)c(C(=O)OC)s1. The Morgan fingerprint density at radius 1 is 1.35 bits per heavy atom. The Bertz CT molecular complexity index is 372. The van der Waals surface area contributed by atoms with Gasteiger partial charge in [0.05, 0.1) is 12.8 Å². The van der Waals surface area contributed by atoms with Crippen molar-refractivity contribution in [2.75, 3.05) is 20.3 Å². The summed E-state index contributed by atoms with van der Waals surface area (Å²) >= 11 is 1.24. The summed E-state index contributed by atoms with van der Waals surface area (Å²) in [6, 6.07) is 0. The number of thiazole rings is 1. The highest BCUT2D eigenvalue weighted by Gasteiger charge is 2.21. The van der Waals surface area contributed by atoms with Crippen LogP contribution in [0.5, 0.6) is 0 Å². The topological polar surface area (TPSA) is 57.7 Å². The molecule has 0 aliphatic heterocycles. The van der Waals surface area contributed by atoms with Crippen LogP contribution < -0.4 is 0 Å². The van der Waals surface area contributed by atoms with Gasteiger partial charge in [0.15, 0.2) is 5.01 Å². The Kier molecular flexibility index (Phi) is 5.54. The minimum atomic E-state index is -0.507. The zero-order chi connectivity index (χ0) is 12.8. The summed E-state index contributed by atoms with van der Waals surface area (Å²) in [5, 5.41) is 0.645. The predicted molar refractivity (Wildman–Crippen MR) is 64.2 cm³/mol. The molecule has 1 aromatic heterocycles. The van der Waals surface area contributed by atoms with E-state index in [-0.39, 0.29) is 5.97 Å². The molecule has 6 heteroatoms. The molecule has 0 amide bonds. The highest BCUT2D eigenvalue weighted by atomic mass is 32.1. The van der Waals surface area contributed by atoms with Crippen LogP contribution in [-0.4, -0.2) is 31.3 Å². The molecule has 0 atom stereocenters. The van der Waals surface area contributed by atoms with Gasteiger partial charge >= 0.3 is 5.97 Å². The summed E-state index contributed by atoms with van der Waals surface area (Å²) in [4.78, 5) is 16.2. The lowest BCUT2D eigenvalue weighted by molar-refractivity contribution is -0.140. The average Bonchev–Trinajstić information content (AvgIpc) is 2.70. The van der Waals surface area contributed by atoms with Crippen molar-refractivity contribution in [2.24, 2.45) is 0 Å². The number of esters is 1. The Hall–Kier alpha value is -0.980. The Labute approximate surface area is 105 Å². The molecule has 5 nitrogen and oxygen atoms in total. The highest BCUT2D eigenvalue weighted by molar-refractivity contribution is 7.13. The van der Waals surface area contributed by atoms with Gasteiger partial charge in [-0.3, -0.25) is 0 Å². The number of carbonyl (C=O) groups is 1. The van der Waals surface area contributed by atoms with Gasteiger partial charge in [-0.2, -0.15) is 0 Å². The second-order valence-electron chi connectivity index (χ2n) is 3.20. The summed E-state index contributed by atoms with van der Waals surface area (Å²) in [6.45, 7) is 6.58. The smallest absolute Gasteiger partial charge is 0.349 e. The second-order valence-corrected chi connectivity index (χ2v) is 4.23. The van der Waals surface area contributed by atoms with Crippen LogP contribution in [0, 0.1) is 6.92 Å². The molecule has 0 N–H and O–H groups in total. The molecule has 17 heavy (non-hydrogen) atoms. The van der Waals surface area contributed by atoms with Gasteiger partial charge in [-0.15, -0.1) is 11.3 Å². The molecule has 96 valence electrons. The Morgan fingerprint density at radius 3 is 2.41 bits per heavy atom. The van der Waals surface area contributed by atoms with E-state index < -0.39 is 6.29 Å². The van der Waals surface area contributed by atoms with E-state index in [1.54, 1.807) is 6.92 Å². The molecular weight excluding hydrogens is 242 g/mol. The van der Waals surface area contributed by atoms with Crippen LogP contribution in [0.3, 0.4) is 0 Å². The van der Waals surface area contributed by atoms with Crippen molar-refractivity contribution in [2.45, 2.75) is 27.1 Å². The summed E-state index contributed by atoms with van der Waals surface area (Å²) in [5.74, 6) is -0.377. The zero-order valence-electron chi connectivity index (χ0n) is 10.5. The highest BCUT2D eigenvalue weighted by Crippen LogP contribution is 2.27. The minimum absolute atomic E-state index is 0.377. The normalized spacial score (nSPS) is 10.9. The maximum absolute atomic E-state index is 11.5.